The first-order valence-corrected chi connectivity index (χ1v) is 5.82. The fourth-order valence-corrected chi connectivity index (χ4v) is 1.06. The highest BCUT2D eigenvalue weighted by atomic mass is 16.5. The number of ether oxygens (including phenoxy) is 1. The van der Waals surface area contributed by atoms with E-state index in [1.54, 1.807) is 0 Å². The second-order valence-corrected chi connectivity index (χ2v) is 4.91. The molecule has 1 atom stereocenters. The zero-order valence-corrected chi connectivity index (χ0v) is 10.7. The van der Waals surface area contributed by atoms with E-state index >= 15 is 0 Å². The van der Waals surface area contributed by atoms with E-state index in [9.17, 15) is 4.79 Å². The Morgan fingerprint density at radius 3 is 2.33 bits per heavy atom. The molecular formula is C12H25NO2. The third-order valence-electron chi connectivity index (χ3n) is 2.20. The smallest absolute Gasteiger partial charge is 0.311 e. The standard InChI is InChI=1S/C12H25NO2/c1-6-8-13-10(7-2)9-15-11(14)12(3,4)5/h10,13H,6-9H2,1-5H3. The zero-order valence-electron chi connectivity index (χ0n) is 10.7. The summed E-state index contributed by atoms with van der Waals surface area (Å²) in [5.74, 6) is -0.126. The third kappa shape index (κ3) is 6.50. The maximum atomic E-state index is 11.5. The van der Waals surface area contributed by atoms with Crippen molar-refractivity contribution in [1.82, 2.24) is 5.32 Å². The van der Waals surface area contributed by atoms with Crippen LogP contribution in [0.1, 0.15) is 47.5 Å². The topological polar surface area (TPSA) is 38.3 Å². The van der Waals surface area contributed by atoms with Crippen molar-refractivity contribution in [2.75, 3.05) is 13.2 Å². The van der Waals surface area contributed by atoms with Gasteiger partial charge < -0.3 is 10.1 Å². The van der Waals surface area contributed by atoms with Gasteiger partial charge in [0.15, 0.2) is 0 Å². The lowest BCUT2D eigenvalue weighted by molar-refractivity contribution is -0.153. The van der Waals surface area contributed by atoms with E-state index in [4.69, 9.17) is 4.74 Å². The van der Waals surface area contributed by atoms with Crippen LogP contribution in [0.5, 0.6) is 0 Å². The Morgan fingerprint density at radius 1 is 1.33 bits per heavy atom. The second kappa shape index (κ2) is 6.83. The van der Waals surface area contributed by atoms with Crippen LogP contribution in [0.4, 0.5) is 0 Å². The first kappa shape index (κ1) is 14.4. The van der Waals surface area contributed by atoms with Crippen molar-refractivity contribution >= 4 is 5.97 Å². The lowest BCUT2D eigenvalue weighted by atomic mass is 9.97. The van der Waals surface area contributed by atoms with Gasteiger partial charge >= 0.3 is 5.97 Å². The summed E-state index contributed by atoms with van der Waals surface area (Å²) in [7, 11) is 0. The molecule has 0 aliphatic heterocycles. The number of hydrogen-bond acceptors (Lipinski definition) is 3. The van der Waals surface area contributed by atoms with Gasteiger partial charge in [-0.05, 0) is 40.2 Å². The molecule has 0 bridgehead atoms. The van der Waals surface area contributed by atoms with Gasteiger partial charge in [-0.3, -0.25) is 4.79 Å². The maximum absolute atomic E-state index is 11.5. The van der Waals surface area contributed by atoms with Gasteiger partial charge in [0.25, 0.3) is 0 Å². The SMILES string of the molecule is CCCNC(CC)COC(=O)C(C)(C)C. The van der Waals surface area contributed by atoms with E-state index in [2.05, 4.69) is 19.2 Å². The van der Waals surface area contributed by atoms with E-state index in [1.807, 2.05) is 20.8 Å². The number of rotatable bonds is 6. The number of nitrogens with one attached hydrogen (secondary N) is 1. The number of esters is 1. The maximum Gasteiger partial charge on any atom is 0.311 e. The van der Waals surface area contributed by atoms with E-state index < -0.39 is 5.41 Å². The first-order valence-electron chi connectivity index (χ1n) is 5.82. The summed E-state index contributed by atoms with van der Waals surface area (Å²) in [5.41, 5.74) is -0.400. The Bertz CT molecular complexity index is 185. The fraction of sp³-hybridized carbons (Fsp3) is 0.917. The molecule has 0 amide bonds. The van der Waals surface area contributed by atoms with Gasteiger partial charge in [0.2, 0.25) is 0 Å². The fourth-order valence-electron chi connectivity index (χ4n) is 1.06. The molecule has 0 aliphatic rings. The van der Waals surface area contributed by atoms with Gasteiger partial charge in [-0.15, -0.1) is 0 Å². The van der Waals surface area contributed by atoms with Crippen LogP contribution in [0.3, 0.4) is 0 Å². The molecule has 3 nitrogen and oxygen atoms in total. The molecule has 0 fully saturated rings. The predicted molar refractivity (Wildman–Crippen MR) is 62.8 cm³/mol. The van der Waals surface area contributed by atoms with Crippen LogP contribution in [0.2, 0.25) is 0 Å². The Kier molecular flexibility index (Phi) is 6.57. The van der Waals surface area contributed by atoms with Crippen molar-refractivity contribution in [3.8, 4) is 0 Å². The molecule has 0 saturated heterocycles. The molecule has 0 heterocycles. The van der Waals surface area contributed by atoms with Crippen LogP contribution < -0.4 is 5.32 Å². The lowest BCUT2D eigenvalue weighted by Gasteiger charge is -2.21. The molecule has 0 rings (SSSR count). The van der Waals surface area contributed by atoms with Crippen LogP contribution in [0.15, 0.2) is 0 Å². The van der Waals surface area contributed by atoms with E-state index in [0.29, 0.717) is 6.61 Å². The van der Waals surface area contributed by atoms with Gasteiger partial charge in [-0.2, -0.15) is 0 Å². The Balaban J connectivity index is 3.85. The summed E-state index contributed by atoms with van der Waals surface area (Å²) in [5, 5.41) is 3.35. The normalized spacial score (nSPS) is 13.7. The Labute approximate surface area is 93.6 Å². The monoisotopic (exact) mass is 215 g/mol. The number of carbonyl (C=O) groups is 1. The summed E-state index contributed by atoms with van der Waals surface area (Å²) >= 11 is 0. The predicted octanol–water partition coefficient (Wildman–Crippen LogP) is 2.35. The molecule has 0 aromatic heterocycles. The van der Waals surface area contributed by atoms with Crippen molar-refractivity contribution < 1.29 is 9.53 Å². The zero-order chi connectivity index (χ0) is 11.9. The molecule has 90 valence electrons. The molecule has 0 radical (unpaired) electrons. The van der Waals surface area contributed by atoms with Gasteiger partial charge in [-0.1, -0.05) is 13.8 Å². The molecule has 0 spiro atoms. The van der Waals surface area contributed by atoms with Crippen LogP contribution >= 0.6 is 0 Å². The Hall–Kier alpha value is -0.570. The lowest BCUT2D eigenvalue weighted by Crippen LogP contribution is -2.36. The highest BCUT2D eigenvalue weighted by molar-refractivity contribution is 5.75. The average molecular weight is 215 g/mol. The molecule has 0 aliphatic carbocycles. The minimum Gasteiger partial charge on any atom is -0.464 e. The number of carbonyl (C=O) groups excluding carboxylic acids is 1. The van der Waals surface area contributed by atoms with Crippen molar-refractivity contribution in [2.45, 2.75) is 53.5 Å². The van der Waals surface area contributed by atoms with Crippen LogP contribution in [0, 0.1) is 5.41 Å². The quantitative estimate of drug-likeness (QED) is 0.691. The van der Waals surface area contributed by atoms with Gasteiger partial charge in [0, 0.05) is 6.04 Å². The van der Waals surface area contributed by atoms with Crippen LogP contribution in [0.25, 0.3) is 0 Å². The molecule has 1 unspecified atom stereocenters. The first-order chi connectivity index (χ1) is 6.91. The summed E-state index contributed by atoms with van der Waals surface area (Å²) in [4.78, 5) is 11.5. The van der Waals surface area contributed by atoms with E-state index in [-0.39, 0.29) is 12.0 Å². The third-order valence-corrected chi connectivity index (χ3v) is 2.20. The van der Waals surface area contributed by atoms with E-state index in [0.717, 1.165) is 19.4 Å². The molecule has 0 saturated carbocycles. The van der Waals surface area contributed by atoms with Crippen molar-refractivity contribution in [1.29, 1.82) is 0 Å². The molecule has 0 aromatic carbocycles. The Morgan fingerprint density at radius 2 is 1.93 bits per heavy atom. The average Bonchev–Trinajstić information content (AvgIpc) is 2.16. The second-order valence-electron chi connectivity index (χ2n) is 4.91. The summed E-state index contributed by atoms with van der Waals surface area (Å²) in [6.07, 6.45) is 2.08. The highest BCUT2D eigenvalue weighted by Crippen LogP contribution is 2.15. The summed E-state index contributed by atoms with van der Waals surface area (Å²) < 4.78 is 5.26. The van der Waals surface area contributed by atoms with Crippen molar-refractivity contribution in [3.63, 3.8) is 0 Å². The summed E-state index contributed by atoms with van der Waals surface area (Å²) in [6, 6.07) is 0.288. The van der Waals surface area contributed by atoms with Crippen LogP contribution in [-0.2, 0) is 9.53 Å². The van der Waals surface area contributed by atoms with Gasteiger partial charge in [-0.25, -0.2) is 0 Å². The van der Waals surface area contributed by atoms with Crippen molar-refractivity contribution in [3.05, 3.63) is 0 Å². The number of hydrogen-bond donors (Lipinski definition) is 1. The van der Waals surface area contributed by atoms with Crippen molar-refractivity contribution in [2.24, 2.45) is 5.41 Å². The minimum absolute atomic E-state index is 0.126. The summed E-state index contributed by atoms with van der Waals surface area (Å²) in [6.45, 7) is 11.3. The van der Waals surface area contributed by atoms with Gasteiger partial charge in [0.1, 0.15) is 6.61 Å². The molecule has 0 aromatic rings. The van der Waals surface area contributed by atoms with Crippen LogP contribution in [-0.4, -0.2) is 25.2 Å². The molecule has 3 heteroatoms. The minimum atomic E-state index is -0.400. The molecular weight excluding hydrogens is 190 g/mol. The largest absolute Gasteiger partial charge is 0.464 e. The van der Waals surface area contributed by atoms with E-state index in [1.165, 1.54) is 0 Å². The molecule has 1 N–H and O–H groups in total. The van der Waals surface area contributed by atoms with Gasteiger partial charge in [0.05, 0.1) is 5.41 Å². The highest BCUT2D eigenvalue weighted by Gasteiger charge is 2.23. The molecule has 15 heavy (non-hydrogen) atoms.